The fourth-order valence-electron chi connectivity index (χ4n) is 1.79. The summed E-state index contributed by atoms with van der Waals surface area (Å²) < 4.78 is 69.5. The van der Waals surface area contributed by atoms with Crippen LogP contribution in [-0.2, 0) is 59.8 Å². The Kier molecular flexibility index (Phi) is 26.7. The van der Waals surface area contributed by atoms with Gasteiger partial charge in [0.15, 0.2) is 0 Å². The molecule has 0 fully saturated rings. The van der Waals surface area contributed by atoms with E-state index in [0.29, 0.717) is 6.61 Å². The molecule has 0 atom stereocenters. The first-order valence-electron chi connectivity index (χ1n) is 9.84. The SMILES string of the molecule is C=CC(=O)OCCC[SiH2]O[SiH2]O[SiH2]O[SiH2]O[SiH2]O[SiH2]O[SiH2]O[SiH2]O[SiH2]O[Si](OC)(OC)OC. The van der Waals surface area contributed by atoms with E-state index in [-0.39, 0.29) is 5.97 Å². The smallest absolute Gasteiger partial charge is 0.463 e. The van der Waals surface area contributed by atoms with Crippen molar-refractivity contribution >= 4 is 105 Å². The van der Waals surface area contributed by atoms with Gasteiger partial charge in [-0.3, -0.25) is 0 Å². The first kappa shape index (κ1) is 33.9. The van der Waals surface area contributed by atoms with Gasteiger partial charge in [0.05, 0.1) is 6.61 Å². The van der Waals surface area contributed by atoms with E-state index in [2.05, 4.69) is 6.58 Å². The predicted molar refractivity (Wildman–Crippen MR) is 144 cm³/mol. The van der Waals surface area contributed by atoms with Crippen molar-refractivity contribution in [1.29, 1.82) is 0 Å². The lowest BCUT2D eigenvalue weighted by Gasteiger charge is -2.23. The number of hydrogen-bond acceptors (Lipinski definition) is 14. The normalized spacial score (nSPS) is 14.9. The molecule has 0 aromatic carbocycles. The highest BCUT2D eigenvalue weighted by molar-refractivity contribution is 6.60. The third-order valence-electron chi connectivity index (χ3n) is 3.33. The van der Waals surface area contributed by atoms with E-state index in [9.17, 15) is 4.79 Å². The molecule has 0 aliphatic carbocycles. The minimum Gasteiger partial charge on any atom is -0.463 e. The maximum absolute atomic E-state index is 10.8. The van der Waals surface area contributed by atoms with Crippen LogP contribution in [0.4, 0.5) is 0 Å². The Morgan fingerprint density at radius 2 is 1.15 bits per heavy atom. The van der Waals surface area contributed by atoms with Gasteiger partial charge in [0.2, 0.25) is 0 Å². The molecule has 0 amide bonds. The Morgan fingerprint density at radius 1 is 0.727 bits per heavy atom. The molecule has 0 saturated carbocycles. The van der Waals surface area contributed by atoms with Crippen molar-refractivity contribution in [3.63, 3.8) is 0 Å². The molecular formula is C9H36O14Si10. The molecule has 0 aliphatic heterocycles. The van der Waals surface area contributed by atoms with Gasteiger partial charge in [-0.25, -0.2) is 4.79 Å². The summed E-state index contributed by atoms with van der Waals surface area (Å²) in [6, 6.07) is 0.953. The Bertz CT molecular complexity index is 457. The number of hydrogen-bond donors (Lipinski definition) is 0. The van der Waals surface area contributed by atoms with Crippen LogP contribution >= 0.6 is 0 Å². The quantitative estimate of drug-likeness (QED) is 0.0380. The number of esters is 1. The highest BCUT2D eigenvalue weighted by Gasteiger charge is 2.41. The van der Waals surface area contributed by atoms with Gasteiger partial charge in [-0.2, -0.15) is 0 Å². The van der Waals surface area contributed by atoms with Gasteiger partial charge < -0.3 is 55.1 Å². The molecule has 0 unspecified atom stereocenters. The maximum atomic E-state index is 10.8. The second-order valence-corrected chi connectivity index (χ2v) is 25.1. The zero-order valence-electron chi connectivity index (χ0n) is 19.5. The second kappa shape index (κ2) is 26.0. The van der Waals surface area contributed by atoms with E-state index < -0.39 is 98.9 Å². The van der Waals surface area contributed by atoms with E-state index in [4.69, 9.17) is 55.1 Å². The molecule has 0 aliphatic rings. The van der Waals surface area contributed by atoms with E-state index in [0.717, 1.165) is 18.5 Å². The van der Waals surface area contributed by atoms with Gasteiger partial charge in [-0.15, -0.1) is 0 Å². The van der Waals surface area contributed by atoms with Crippen LogP contribution in [0.2, 0.25) is 6.04 Å². The molecule has 0 N–H and O–H groups in total. The molecule has 0 aromatic rings. The van der Waals surface area contributed by atoms with E-state index in [1.165, 1.54) is 21.3 Å². The number of rotatable bonds is 26. The Labute approximate surface area is 217 Å². The summed E-state index contributed by atoms with van der Waals surface area (Å²) in [5, 5.41) is 0. The summed E-state index contributed by atoms with van der Waals surface area (Å²) in [7, 11) is -7.74. The molecule has 196 valence electrons. The van der Waals surface area contributed by atoms with Crippen molar-refractivity contribution in [2.24, 2.45) is 0 Å². The van der Waals surface area contributed by atoms with Crippen LogP contribution in [0.25, 0.3) is 0 Å². The summed E-state index contributed by atoms with van der Waals surface area (Å²) in [5.74, 6) is -0.387. The lowest BCUT2D eigenvalue weighted by atomic mass is 10.5. The summed E-state index contributed by atoms with van der Waals surface area (Å²) in [6.45, 7) is 3.75. The van der Waals surface area contributed by atoms with Gasteiger partial charge in [-0.05, 0) is 12.5 Å². The minimum atomic E-state index is -3.01. The average molecular weight is 649 g/mol. The lowest BCUT2D eigenvalue weighted by molar-refractivity contribution is -0.137. The van der Waals surface area contributed by atoms with Gasteiger partial charge in [-0.1, -0.05) is 6.58 Å². The maximum Gasteiger partial charge on any atom is 0.669 e. The zero-order valence-corrected chi connectivity index (χ0v) is 33.2. The number of carbonyl (C=O) groups excluding carboxylic acids is 1. The third kappa shape index (κ3) is 21.9. The summed E-state index contributed by atoms with van der Waals surface area (Å²) in [6.07, 6.45) is 1.97. The average Bonchev–Trinajstić information content (AvgIpc) is 2.84. The van der Waals surface area contributed by atoms with Gasteiger partial charge >= 0.3 is 15.0 Å². The van der Waals surface area contributed by atoms with Crippen LogP contribution in [0.5, 0.6) is 0 Å². The zero-order chi connectivity index (χ0) is 24.5. The first-order valence-corrected chi connectivity index (χ1v) is 22.3. The number of ether oxygens (including phenoxy) is 1. The highest BCUT2D eigenvalue weighted by atomic mass is 28.5. The molecule has 24 heteroatoms. The Balaban J connectivity index is 3.19. The van der Waals surface area contributed by atoms with Crippen LogP contribution in [0.3, 0.4) is 0 Å². The fraction of sp³-hybridized carbons (Fsp3) is 0.667. The molecular weight excluding hydrogens is 613 g/mol. The van der Waals surface area contributed by atoms with Crippen LogP contribution < -0.4 is 0 Å². The van der Waals surface area contributed by atoms with E-state index in [1.807, 2.05) is 0 Å². The molecule has 33 heavy (non-hydrogen) atoms. The predicted octanol–water partition coefficient (Wildman–Crippen LogP) is -7.88. The first-order chi connectivity index (χ1) is 16.1. The van der Waals surface area contributed by atoms with Gasteiger partial charge in [0, 0.05) is 27.4 Å². The Morgan fingerprint density at radius 3 is 1.58 bits per heavy atom. The highest BCUT2D eigenvalue weighted by Crippen LogP contribution is 2.06. The standard InChI is InChI=1S/C9H36O14Si10/c1-5-9(10)14-7-6-8-24-15-25-16-26-17-27-18-28-19-29-20-30-21-31-22-32-23-33(11-2,12-3)13-4/h5H,1,6-8,24-32H2,2-4H3. The van der Waals surface area contributed by atoms with Gasteiger partial charge in [0.1, 0.15) is 9.76 Å². The molecule has 0 spiro atoms. The molecule has 0 aromatic heterocycles. The molecule has 0 bridgehead atoms. The summed E-state index contributed by atoms with van der Waals surface area (Å²) in [5.41, 5.74) is 0. The van der Waals surface area contributed by atoms with Crippen molar-refractivity contribution in [2.45, 2.75) is 12.5 Å². The van der Waals surface area contributed by atoms with Crippen molar-refractivity contribution in [3.8, 4) is 0 Å². The Hall–Kier alpha value is 0.899. The second-order valence-electron chi connectivity index (χ2n) is 5.62. The van der Waals surface area contributed by atoms with Crippen LogP contribution in [0, 0.1) is 0 Å². The lowest BCUT2D eigenvalue weighted by Crippen LogP contribution is -2.47. The van der Waals surface area contributed by atoms with Crippen molar-refractivity contribution in [3.05, 3.63) is 12.7 Å². The van der Waals surface area contributed by atoms with Crippen LogP contribution in [0.15, 0.2) is 12.7 Å². The van der Waals surface area contributed by atoms with E-state index >= 15 is 0 Å². The van der Waals surface area contributed by atoms with Crippen molar-refractivity contribution in [1.82, 2.24) is 0 Å². The van der Waals surface area contributed by atoms with Crippen molar-refractivity contribution < 1.29 is 59.8 Å². The topological polar surface area (TPSA) is 137 Å². The molecule has 0 saturated heterocycles. The summed E-state index contributed by atoms with van der Waals surface area (Å²) >= 11 is 0. The molecule has 14 nitrogen and oxygen atoms in total. The van der Waals surface area contributed by atoms with Crippen LogP contribution in [-0.4, -0.2) is 133 Å². The monoisotopic (exact) mass is 648 g/mol. The largest absolute Gasteiger partial charge is 0.669 e. The fourth-order valence-corrected chi connectivity index (χ4v) is 19.7. The van der Waals surface area contributed by atoms with Crippen molar-refractivity contribution in [2.75, 3.05) is 27.9 Å². The van der Waals surface area contributed by atoms with Gasteiger partial charge in [0.25, 0.3) is 80.1 Å². The third-order valence-corrected chi connectivity index (χ3v) is 18.7. The summed E-state index contributed by atoms with van der Waals surface area (Å²) in [4.78, 5) is 10.8. The molecule has 0 heterocycles. The number of carbonyl (C=O) groups is 1. The molecule has 0 rings (SSSR count). The minimum absolute atomic E-state index is 0.387. The van der Waals surface area contributed by atoms with E-state index in [1.54, 1.807) is 0 Å². The molecule has 0 radical (unpaired) electrons. The van der Waals surface area contributed by atoms with Crippen LogP contribution in [0.1, 0.15) is 6.42 Å².